The van der Waals surface area contributed by atoms with Gasteiger partial charge in [-0.2, -0.15) is 0 Å². The standard InChI is InChI=1S/C11H26N2/c1-9(7-12)8-13(6)10(2)11(3,4)5/h9-10H,7-8,12H2,1-6H3. The molecule has 0 saturated carbocycles. The van der Waals surface area contributed by atoms with Gasteiger partial charge in [0, 0.05) is 12.6 Å². The highest BCUT2D eigenvalue weighted by Gasteiger charge is 2.24. The zero-order valence-corrected chi connectivity index (χ0v) is 10.1. The molecule has 0 aromatic carbocycles. The van der Waals surface area contributed by atoms with Crippen LogP contribution in [0.4, 0.5) is 0 Å². The van der Waals surface area contributed by atoms with Crippen LogP contribution in [-0.4, -0.2) is 31.1 Å². The first-order chi connectivity index (χ1) is 5.79. The van der Waals surface area contributed by atoms with Crippen LogP contribution in [0.3, 0.4) is 0 Å². The molecule has 0 rings (SSSR count). The van der Waals surface area contributed by atoms with Crippen molar-refractivity contribution in [3.8, 4) is 0 Å². The third-order valence-corrected chi connectivity index (χ3v) is 2.92. The zero-order chi connectivity index (χ0) is 10.6. The maximum atomic E-state index is 5.60. The Labute approximate surface area is 83.5 Å². The number of nitrogens with zero attached hydrogens (tertiary/aromatic N) is 1. The summed E-state index contributed by atoms with van der Waals surface area (Å²) in [4.78, 5) is 2.40. The highest BCUT2D eigenvalue weighted by atomic mass is 15.1. The van der Waals surface area contributed by atoms with Gasteiger partial charge in [0.15, 0.2) is 0 Å². The number of rotatable bonds is 4. The van der Waals surface area contributed by atoms with Crippen molar-refractivity contribution >= 4 is 0 Å². The molecule has 0 aromatic rings. The Bertz CT molecular complexity index is 138. The molecule has 2 atom stereocenters. The first-order valence-corrected chi connectivity index (χ1v) is 5.19. The van der Waals surface area contributed by atoms with Gasteiger partial charge in [0.25, 0.3) is 0 Å². The van der Waals surface area contributed by atoms with E-state index in [9.17, 15) is 0 Å². The molecule has 13 heavy (non-hydrogen) atoms. The zero-order valence-electron chi connectivity index (χ0n) is 10.1. The number of hydrogen-bond donors (Lipinski definition) is 1. The Kier molecular flexibility index (Phi) is 4.93. The summed E-state index contributed by atoms with van der Waals surface area (Å²) in [6.45, 7) is 13.2. The lowest BCUT2D eigenvalue weighted by Crippen LogP contribution is -2.42. The first kappa shape index (κ1) is 12.9. The summed E-state index contributed by atoms with van der Waals surface area (Å²) in [5, 5.41) is 0. The van der Waals surface area contributed by atoms with E-state index in [4.69, 9.17) is 5.73 Å². The molecule has 0 radical (unpaired) electrons. The quantitative estimate of drug-likeness (QED) is 0.727. The van der Waals surface area contributed by atoms with Crippen LogP contribution < -0.4 is 5.73 Å². The van der Waals surface area contributed by atoms with Crippen LogP contribution >= 0.6 is 0 Å². The van der Waals surface area contributed by atoms with Gasteiger partial charge >= 0.3 is 0 Å². The Morgan fingerprint density at radius 3 is 2.00 bits per heavy atom. The summed E-state index contributed by atoms with van der Waals surface area (Å²) in [5.41, 5.74) is 5.95. The fraction of sp³-hybridized carbons (Fsp3) is 1.00. The second-order valence-electron chi connectivity index (χ2n) is 5.32. The van der Waals surface area contributed by atoms with E-state index in [1.807, 2.05) is 0 Å². The molecule has 2 N–H and O–H groups in total. The maximum absolute atomic E-state index is 5.60. The Morgan fingerprint density at radius 1 is 1.23 bits per heavy atom. The molecule has 0 amide bonds. The molecule has 0 fully saturated rings. The average molecular weight is 186 g/mol. The largest absolute Gasteiger partial charge is 0.330 e. The second kappa shape index (κ2) is 4.97. The van der Waals surface area contributed by atoms with Gasteiger partial charge in [0.1, 0.15) is 0 Å². The molecule has 0 spiro atoms. The molecule has 0 aliphatic rings. The van der Waals surface area contributed by atoms with E-state index in [0.717, 1.165) is 13.1 Å². The molecule has 0 saturated heterocycles. The van der Waals surface area contributed by atoms with E-state index < -0.39 is 0 Å². The third kappa shape index (κ3) is 4.63. The van der Waals surface area contributed by atoms with Gasteiger partial charge < -0.3 is 10.6 Å². The van der Waals surface area contributed by atoms with Crippen LogP contribution in [0.1, 0.15) is 34.6 Å². The fourth-order valence-corrected chi connectivity index (χ4v) is 1.39. The molecular formula is C11H26N2. The fourth-order valence-electron chi connectivity index (χ4n) is 1.39. The summed E-state index contributed by atoms with van der Waals surface area (Å²) in [5.74, 6) is 0.592. The first-order valence-electron chi connectivity index (χ1n) is 5.19. The van der Waals surface area contributed by atoms with Crippen molar-refractivity contribution in [2.24, 2.45) is 17.1 Å². The lowest BCUT2D eigenvalue weighted by Gasteiger charge is -2.36. The smallest absolute Gasteiger partial charge is 0.0112 e. The molecule has 2 unspecified atom stereocenters. The van der Waals surface area contributed by atoms with Crippen LogP contribution in [0, 0.1) is 11.3 Å². The summed E-state index contributed by atoms with van der Waals surface area (Å²) >= 11 is 0. The van der Waals surface area contributed by atoms with E-state index in [2.05, 4.69) is 46.6 Å². The lowest BCUT2D eigenvalue weighted by atomic mass is 9.87. The number of hydrogen-bond acceptors (Lipinski definition) is 2. The topological polar surface area (TPSA) is 29.3 Å². The minimum atomic E-state index is 0.350. The van der Waals surface area contributed by atoms with Crippen LogP contribution in [-0.2, 0) is 0 Å². The Hall–Kier alpha value is -0.0800. The van der Waals surface area contributed by atoms with Gasteiger partial charge in [-0.25, -0.2) is 0 Å². The van der Waals surface area contributed by atoms with Crippen molar-refractivity contribution in [1.82, 2.24) is 4.90 Å². The summed E-state index contributed by atoms with van der Waals surface area (Å²) in [6.07, 6.45) is 0. The minimum absolute atomic E-state index is 0.350. The molecule has 0 aliphatic carbocycles. The lowest BCUT2D eigenvalue weighted by molar-refractivity contribution is 0.127. The number of nitrogens with two attached hydrogens (primary N) is 1. The molecule has 0 heterocycles. The predicted molar refractivity (Wildman–Crippen MR) is 59.8 cm³/mol. The van der Waals surface area contributed by atoms with E-state index >= 15 is 0 Å². The Balaban J connectivity index is 4.03. The average Bonchev–Trinajstić information content (AvgIpc) is 2.01. The summed E-state index contributed by atoms with van der Waals surface area (Å²) in [7, 11) is 2.18. The highest BCUT2D eigenvalue weighted by Crippen LogP contribution is 2.23. The Morgan fingerprint density at radius 2 is 1.69 bits per heavy atom. The molecular weight excluding hydrogens is 160 g/mol. The van der Waals surface area contributed by atoms with Crippen LogP contribution in [0.25, 0.3) is 0 Å². The highest BCUT2D eigenvalue weighted by molar-refractivity contribution is 4.78. The summed E-state index contributed by atoms with van der Waals surface area (Å²) in [6, 6.07) is 0.599. The van der Waals surface area contributed by atoms with Crippen molar-refractivity contribution in [1.29, 1.82) is 0 Å². The molecule has 2 nitrogen and oxygen atoms in total. The summed E-state index contributed by atoms with van der Waals surface area (Å²) < 4.78 is 0. The second-order valence-corrected chi connectivity index (χ2v) is 5.32. The monoisotopic (exact) mass is 186 g/mol. The molecule has 0 bridgehead atoms. The van der Waals surface area contributed by atoms with Gasteiger partial charge in [-0.05, 0) is 31.8 Å². The van der Waals surface area contributed by atoms with Crippen molar-refractivity contribution in [2.45, 2.75) is 40.7 Å². The van der Waals surface area contributed by atoms with Gasteiger partial charge in [-0.15, -0.1) is 0 Å². The minimum Gasteiger partial charge on any atom is -0.330 e. The van der Waals surface area contributed by atoms with E-state index in [1.54, 1.807) is 0 Å². The van der Waals surface area contributed by atoms with Crippen LogP contribution in [0.15, 0.2) is 0 Å². The van der Waals surface area contributed by atoms with Gasteiger partial charge in [-0.3, -0.25) is 0 Å². The predicted octanol–water partition coefficient (Wildman–Crippen LogP) is 1.95. The van der Waals surface area contributed by atoms with Gasteiger partial charge in [0.2, 0.25) is 0 Å². The van der Waals surface area contributed by atoms with Crippen molar-refractivity contribution in [3.05, 3.63) is 0 Å². The van der Waals surface area contributed by atoms with Crippen molar-refractivity contribution < 1.29 is 0 Å². The van der Waals surface area contributed by atoms with Crippen molar-refractivity contribution in [2.75, 3.05) is 20.1 Å². The van der Waals surface area contributed by atoms with Crippen LogP contribution in [0.2, 0.25) is 0 Å². The SMILES string of the molecule is CC(CN)CN(C)C(C)C(C)(C)C. The van der Waals surface area contributed by atoms with Gasteiger partial charge in [-0.1, -0.05) is 27.7 Å². The van der Waals surface area contributed by atoms with E-state index in [0.29, 0.717) is 17.4 Å². The van der Waals surface area contributed by atoms with Crippen molar-refractivity contribution in [3.63, 3.8) is 0 Å². The third-order valence-electron chi connectivity index (χ3n) is 2.92. The normalized spacial score (nSPS) is 17.5. The molecule has 2 heteroatoms. The molecule has 80 valence electrons. The van der Waals surface area contributed by atoms with Crippen LogP contribution in [0.5, 0.6) is 0 Å². The van der Waals surface area contributed by atoms with Gasteiger partial charge in [0.05, 0.1) is 0 Å². The van der Waals surface area contributed by atoms with E-state index in [-0.39, 0.29) is 0 Å². The molecule has 0 aromatic heterocycles. The van der Waals surface area contributed by atoms with E-state index in [1.165, 1.54) is 0 Å². The molecule has 0 aliphatic heterocycles. The maximum Gasteiger partial charge on any atom is 0.0112 e.